The van der Waals surface area contributed by atoms with Crippen LogP contribution >= 0.6 is 23.4 Å². The number of hydrogen-bond acceptors (Lipinski definition) is 5. The molecule has 2 rings (SSSR count). The van der Waals surface area contributed by atoms with E-state index in [9.17, 15) is 14.9 Å². The van der Waals surface area contributed by atoms with E-state index in [4.69, 9.17) is 22.4 Å². The molecule has 0 fully saturated rings. The van der Waals surface area contributed by atoms with Crippen molar-refractivity contribution >= 4 is 35.0 Å². The summed E-state index contributed by atoms with van der Waals surface area (Å²) in [5.74, 6) is -1.06. The van der Waals surface area contributed by atoms with E-state index in [1.807, 2.05) is 0 Å². The van der Waals surface area contributed by atoms with Crippen LogP contribution in [0.4, 0.5) is 5.69 Å². The molecule has 0 aliphatic carbocycles. The molecule has 0 spiro atoms. The van der Waals surface area contributed by atoms with E-state index in [1.54, 1.807) is 36.4 Å². The first-order valence-electron chi connectivity index (χ1n) is 6.56. The molecule has 23 heavy (non-hydrogen) atoms. The largest absolute Gasteiger partial charge is 0.481 e. The Labute approximate surface area is 141 Å². The van der Waals surface area contributed by atoms with Gasteiger partial charge in [-0.3, -0.25) is 14.9 Å². The second-order valence-corrected chi connectivity index (χ2v) is 6.30. The summed E-state index contributed by atoms with van der Waals surface area (Å²) in [6.45, 7) is 0. The summed E-state index contributed by atoms with van der Waals surface area (Å²) in [5, 5.41) is 20.6. The van der Waals surface area contributed by atoms with Gasteiger partial charge in [0.15, 0.2) is 0 Å². The molecule has 0 aromatic heterocycles. The van der Waals surface area contributed by atoms with Crippen molar-refractivity contribution in [2.75, 3.05) is 0 Å². The zero-order valence-corrected chi connectivity index (χ0v) is 13.4. The SMILES string of the molecule is NC(CC(=O)O)c1ccc(Sc2ccc(Cl)cc2)c([N+](=O)[O-])c1. The normalized spacial score (nSPS) is 11.9. The summed E-state index contributed by atoms with van der Waals surface area (Å²) in [6.07, 6.45) is -0.291. The van der Waals surface area contributed by atoms with Crippen molar-refractivity contribution < 1.29 is 14.8 Å². The third kappa shape index (κ3) is 4.69. The molecule has 0 aliphatic heterocycles. The molecule has 3 N–H and O–H groups in total. The van der Waals surface area contributed by atoms with Crippen LogP contribution in [-0.4, -0.2) is 16.0 Å². The van der Waals surface area contributed by atoms with E-state index in [0.717, 1.165) is 4.90 Å². The molecular formula is C15H13ClN2O4S. The van der Waals surface area contributed by atoms with E-state index in [-0.39, 0.29) is 12.1 Å². The fraction of sp³-hybridized carbons (Fsp3) is 0.133. The van der Waals surface area contributed by atoms with Gasteiger partial charge >= 0.3 is 5.97 Å². The second-order valence-electron chi connectivity index (χ2n) is 4.74. The molecule has 6 nitrogen and oxygen atoms in total. The minimum absolute atomic E-state index is 0.108. The van der Waals surface area contributed by atoms with Crippen LogP contribution in [0.15, 0.2) is 52.3 Å². The van der Waals surface area contributed by atoms with Gasteiger partial charge in [-0.15, -0.1) is 0 Å². The first-order valence-corrected chi connectivity index (χ1v) is 7.75. The van der Waals surface area contributed by atoms with Gasteiger partial charge < -0.3 is 10.8 Å². The van der Waals surface area contributed by atoms with Crippen LogP contribution < -0.4 is 5.73 Å². The van der Waals surface area contributed by atoms with Gasteiger partial charge in [0, 0.05) is 22.0 Å². The van der Waals surface area contributed by atoms with E-state index in [1.165, 1.54) is 17.8 Å². The number of nitro groups is 1. The fourth-order valence-electron chi connectivity index (χ4n) is 1.93. The summed E-state index contributed by atoms with van der Waals surface area (Å²) in [4.78, 5) is 22.7. The van der Waals surface area contributed by atoms with E-state index >= 15 is 0 Å². The predicted molar refractivity (Wildman–Crippen MR) is 87.9 cm³/mol. The van der Waals surface area contributed by atoms with E-state index in [0.29, 0.717) is 15.5 Å². The van der Waals surface area contributed by atoms with Crippen molar-refractivity contribution in [1.29, 1.82) is 0 Å². The van der Waals surface area contributed by atoms with Crippen LogP contribution in [0.1, 0.15) is 18.0 Å². The Morgan fingerprint density at radius 1 is 1.30 bits per heavy atom. The molecule has 1 atom stereocenters. The van der Waals surface area contributed by atoms with Gasteiger partial charge in [-0.2, -0.15) is 0 Å². The van der Waals surface area contributed by atoms with Crippen molar-refractivity contribution in [3.8, 4) is 0 Å². The van der Waals surface area contributed by atoms with Gasteiger partial charge in [0.1, 0.15) is 0 Å². The summed E-state index contributed by atoms with van der Waals surface area (Å²) in [6, 6.07) is 10.7. The molecule has 1 unspecified atom stereocenters. The number of rotatable bonds is 6. The van der Waals surface area contributed by atoms with Gasteiger partial charge in [-0.1, -0.05) is 29.4 Å². The molecule has 120 valence electrons. The highest BCUT2D eigenvalue weighted by Gasteiger charge is 2.19. The lowest BCUT2D eigenvalue weighted by molar-refractivity contribution is -0.387. The average Bonchev–Trinajstić information content (AvgIpc) is 2.49. The molecule has 0 saturated carbocycles. The molecule has 0 saturated heterocycles. The number of benzene rings is 2. The van der Waals surface area contributed by atoms with Crippen molar-refractivity contribution in [1.82, 2.24) is 0 Å². The van der Waals surface area contributed by atoms with Crippen molar-refractivity contribution in [2.24, 2.45) is 5.73 Å². The molecule has 2 aromatic rings. The monoisotopic (exact) mass is 352 g/mol. The number of nitrogens with two attached hydrogens (primary N) is 1. The second kappa shape index (κ2) is 7.45. The van der Waals surface area contributed by atoms with E-state index in [2.05, 4.69) is 0 Å². The first-order chi connectivity index (χ1) is 10.9. The molecular weight excluding hydrogens is 340 g/mol. The van der Waals surface area contributed by atoms with Crippen molar-refractivity contribution in [2.45, 2.75) is 22.3 Å². The lowest BCUT2D eigenvalue weighted by Crippen LogP contribution is -2.15. The lowest BCUT2D eigenvalue weighted by atomic mass is 10.0. The number of halogens is 1. The molecule has 8 heteroatoms. The van der Waals surface area contributed by atoms with Gasteiger partial charge in [-0.05, 0) is 35.9 Å². The number of carboxylic acids is 1. The third-order valence-corrected chi connectivity index (χ3v) is 4.37. The van der Waals surface area contributed by atoms with Crippen molar-refractivity contribution in [3.05, 3.63) is 63.2 Å². The maximum atomic E-state index is 11.3. The van der Waals surface area contributed by atoms with Gasteiger partial charge in [0.2, 0.25) is 0 Å². The predicted octanol–water partition coefficient (Wildman–Crippen LogP) is 3.87. The Hall–Kier alpha value is -2.09. The molecule has 0 bridgehead atoms. The van der Waals surface area contributed by atoms with Crippen molar-refractivity contribution in [3.63, 3.8) is 0 Å². The van der Waals surface area contributed by atoms with Gasteiger partial charge in [0.25, 0.3) is 5.69 Å². The third-order valence-electron chi connectivity index (χ3n) is 3.04. The number of nitro benzene ring substituents is 1. The topological polar surface area (TPSA) is 106 Å². The Morgan fingerprint density at radius 3 is 2.52 bits per heavy atom. The molecule has 0 heterocycles. The maximum Gasteiger partial charge on any atom is 0.305 e. The minimum atomic E-state index is -1.06. The fourth-order valence-corrected chi connectivity index (χ4v) is 2.96. The number of aliphatic carboxylic acids is 1. The van der Waals surface area contributed by atoms with Crippen LogP contribution in [0.5, 0.6) is 0 Å². The van der Waals surface area contributed by atoms with Crippen LogP contribution in [0, 0.1) is 10.1 Å². The summed E-state index contributed by atoms with van der Waals surface area (Å²) >= 11 is 7.04. The number of carboxylic acid groups (broad SMARTS) is 1. The van der Waals surface area contributed by atoms with Gasteiger partial charge in [0.05, 0.1) is 16.2 Å². The molecule has 2 aromatic carbocycles. The number of hydrogen-bond donors (Lipinski definition) is 2. The van der Waals surface area contributed by atoms with Crippen LogP contribution in [0.3, 0.4) is 0 Å². The van der Waals surface area contributed by atoms with Crippen LogP contribution in [-0.2, 0) is 4.79 Å². The smallest absolute Gasteiger partial charge is 0.305 e. The van der Waals surface area contributed by atoms with Crippen LogP contribution in [0.25, 0.3) is 0 Å². The number of carbonyl (C=O) groups is 1. The average molecular weight is 353 g/mol. The summed E-state index contributed by atoms with van der Waals surface area (Å²) < 4.78 is 0. The van der Waals surface area contributed by atoms with Gasteiger partial charge in [-0.25, -0.2) is 0 Å². The zero-order valence-electron chi connectivity index (χ0n) is 11.8. The lowest BCUT2D eigenvalue weighted by Gasteiger charge is -2.11. The molecule has 0 radical (unpaired) electrons. The Morgan fingerprint density at radius 2 is 1.96 bits per heavy atom. The highest BCUT2D eigenvalue weighted by molar-refractivity contribution is 7.99. The minimum Gasteiger partial charge on any atom is -0.481 e. The van der Waals surface area contributed by atoms with E-state index < -0.39 is 16.9 Å². The quantitative estimate of drug-likeness (QED) is 0.603. The maximum absolute atomic E-state index is 11.3. The zero-order chi connectivity index (χ0) is 17.0. The number of nitrogens with zero attached hydrogens (tertiary/aromatic N) is 1. The Kier molecular flexibility index (Phi) is 5.59. The molecule has 0 aliphatic rings. The molecule has 0 amide bonds. The first kappa shape index (κ1) is 17.3. The van der Waals surface area contributed by atoms with Crippen LogP contribution in [0.2, 0.25) is 5.02 Å². The summed E-state index contributed by atoms with van der Waals surface area (Å²) in [7, 11) is 0. The summed E-state index contributed by atoms with van der Waals surface area (Å²) in [5.41, 5.74) is 6.07. The Bertz CT molecular complexity index is 737. The highest BCUT2D eigenvalue weighted by atomic mass is 35.5. The Balaban J connectivity index is 2.31. The standard InChI is InChI=1S/C15H13ClN2O4S/c16-10-2-4-11(5-3-10)23-14-6-1-9(7-13(14)18(21)22)12(17)8-15(19)20/h1-7,12H,8,17H2,(H,19,20). The highest BCUT2D eigenvalue weighted by Crippen LogP contribution is 2.36.